The number of nitrogens with zero attached hydrogens (tertiary/aromatic N) is 1. The standard InChI is InChI=1S/C17H12BrF6N3O4/c1-30-14-11(18)2-3-12(25-14)26-15(29)27-13(28)7-31-10-5-8(16(19,20)21)4-9(6-10)17(22,23)24/h2-6H,7H2,1H3,(H2,25,26,27,28,29). The first-order valence-electron chi connectivity index (χ1n) is 8.03. The third-order valence-electron chi connectivity index (χ3n) is 3.43. The number of ether oxygens (including phenoxy) is 2. The quantitative estimate of drug-likeness (QED) is 0.567. The van der Waals surface area contributed by atoms with Crippen LogP contribution in [-0.4, -0.2) is 30.6 Å². The molecule has 2 N–H and O–H groups in total. The summed E-state index contributed by atoms with van der Waals surface area (Å²) in [6.07, 6.45) is -10.1. The molecule has 7 nitrogen and oxygen atoms in total. The number of pyridine rings is 1. The van der Waals surface area contributed by atoms with Gasteiger partial charge < -0.3 is 9.47 Å². The van der Waals surface area contributed by atoms with Crippen molar-refractivity contribution in [3.8, 4) is 11.6 Å². The molecule has 14 heteroatoms. The Morgan fingerprint density at radius 1 is 1.03 bits per heavy atom. The van der Waals surface area contributed by atoms with E-state index in [1.807, 2.05) is 0 Å². The van der Waals surface area contributed by atoms with Crippen molar-refractivity contribution in [1.82, 2.24) is 10.3 Å². The summed E-state index contributed by atoms with van der Waals surface area (Å²) in [6.45, 7) is -1.02. The number of benzene rings is 1. The molecule has 0 fully saturated rings. The van der Waals surface area contributed by atoms with Gasteiger partial charge in [-0.05, 0) is 46.3 Å². The highest BCUT2D eigenvalue weighted by Gasteiger charge is 2.37. The number of carbonyl (C=O) groups is 2. The van der Waals surface area contributed by atoms with Gasteiger partial charge in [0.15, 0.2) is 6.61 Å². The molecular weight excluding hydrogens is 504 g/mol. The zero-order chi connectivity index (χ0) is 23.4. The van der Waals surface area contributed by atoms with Gasteiger partial charge in [-0.3, -0.25) is 15.4 Å². The molecule has 1 aromatic heterocycles. The van der Waals surface area contributed by atoms with Crippen molar-refractivity contribution in [2.45, 2.75) is 12.4 Å². The average Bonchev–Trinajstić information content (AvgIpc) is 2.66. The third kappa shape index (κ3) is 7.01. The first-order chi connectivity index (χ1) is 14.3. The maximum absolute atomic E-state index is 12.8. The molecule has 0 atom stereocenters. The van der Waals surface area contributed by atoms with Gasteiger partial charge in [0.2, 0.25) is 5.88 Å². The van der Waals surface area contributed by atoms with Crippen LogP contribution >= 0.6 is 15.9 Å². The number of amides is 3. The normalized spacial score (nSPS) is 11.6. The lowest BCUT2D eigenvalue weighted by Gasteiger charge is -2.14. The van der Waals surface area contributed by atoms with Crippen LogP contribution in [-0.2, 0) is 17.1 Å². The molecule has 0 unspecified atom stereocenters. The molecule has 31 heavy (non-hydrogen) atoms. The fourth-order valence-corrected chi connectivity index (χ4v) is 2.49. The molecule has 0 aliphatic rings. The highest BCUT2D eigenvalue weighted by atomic mass is 79.9. The van der Waals surface area contributed by atoms with E-state index >= 15 is 0 Å². The Labute approximate surface area is 178 Å². The Balaban J connectivity index is 2.03. The molecule has 0 saturated heterocycles. The Bertz CT molecular complexity index is 949. The van der Waals surface area contributed by atoms with Gasteiger partial charge in [-0.25, -0.2) is 4.79 Å². The smallest absolute Gasteiger partial charge is 0.416 e. The highest BCUT2D eigenvalue weighted by molar-refractivity contribution is 9.10. The maximum atomic E-state index is 12.8. The van der Waals surface area contributed by atoms with Crippen LogP contribution in [0.1, 0.15) is 11.1 Å². The first-order valence-corrected chi connectivity index (χ1v) is 8.82. The summed E-state index contributed by atoms with van der Waals surface area (Å²) in [5, 5.41) is 3.98. The number of imide groups is 1. The number of aromatic nitrogens is 1. The maximum Gasteiger partial charge on any atom is 0.416 e. The topological polar surface area (TPSA) is 89.5 Å². The lowest BCUT2D eigenvalue weighted by atomic mass is 10.1. The summed E-state index contributed by atoms with van der Waals surface area (Å²) in [5.41, 5.74) is -3.21. The number of hydrogen-bond donors (Lipinski definition) is 2. The number of halogens is 7. The Morgan fingerprint density at radius 3 is 2.13 bits per heavy atom. The molecule has 168 valence electrons. The molecule has 2 aromatic rings. The summed E-state index contributed by atoms with van der Waals surface area (Å²) in [6, 6.07) is 2.33. The fraction of sp³-hybridized carbons (Fsp3) is 0.235. The van der Waals surface area contributed by atoms with Gasteiger partial charge in [0.1, 0.15) is 11.6 Å². The van der Waals surface area contributed by atoms with Gasteiger partial charge in [-0.1, -0.05) is 0 Å². The van der Waals surface area contributed by atoms with Crippen LogP contribution in [0.15, 0.2) is 34.8 Å². The zero-order valence-electron chi connectivity index (χ0n) is 15.3. The minimum Gasteiger partial charge on any atom is -0.484 e. The van der Waals surface area contributed by atoms with Gasteiger partial charge in [0.05, 0.1) is 22.7 Å². The van der Waals surface area contributed by atoms with Crippen LogP contribution < -0.4 is 20.1 Å². The Kier molecular flexibility index (Phi) is 7.36. The summed E-state index contributed by atoms with van der Waals surface area (Å²) >= 11 is 3.15. The summed E-state index contributed by atoms with van der Waals surface area (Å²) in [7, 11) is 1.33. The van der Waals surface area contributed by atoms with Gasteiger partial charge >= 0.3 is 18.4 Å². The Hall–Kier alpha value is -3.03. The lowest BCUT2D eigenvalue weighted by Crippen LogP contribution is -2.37. The van der Waals surface area contributed by atoms with Crippen LogP contribution in [0.25, 0.3) is 0 Å². The second-order valence-corrected chi connectivity index (χ2v) is 6.57. The van der Waals surface area contributed by atoms with E-state index in [-0.39, 0.29) is 17.8 Å². The number of nitrogens with one attached hydrogen (secondary N) is 2. The molecule has 0 bridgehead atoms. The van der Waals surface area contributed by atoms with Crippen molar-refractivity contribution in [3.05, 3.63) is 45.9 Å². The molecule has 0 radical (unpaired) electrons. The molecule has 1 heterocycles. The number of anilines is 1. The largest absolute Gasteiger partial charge is 0.484 e. The van der Waals surface area contributed by atoms with Gasteiger partial charge in [0, 0.05) is 0 Å². The summed E-state index contributed by atoms with van der Waals surface area (Å²) in [4.78, 5) is 27.5. The van der Waals surface area contributed by atoms with E-state index in [1.54, 1.807) is 5.32 Å². The van der Waals surface area contributed by atoms with Crippen LogP contribution in [0.5, 0.6) is 11.6 Å². The zero-order valence-corrected chi connectivity index (χ0v) is 16.9. The Morgan fingerprint density at radius 2 is 1.61 bits per heavy atom. The SMILES string of the molecule is COc1nc(NC(=O)NC(=O)COc2cc(C(F)(F)F)cc(C(F)(F)F)c2)ccc1Br. The number of urea groups is 1. The van der Waals surface area contributed by atoms with E-state index in [2.05, 4.69) is 26.2 Å². The molecule has 0 saturated carbocycles. The molecular formula is C17H12BrF6N3O4. The van der Waals surface area contributed by atoms with Crippen molar-refractivity contribution in [3.63, 3.8) is 0 Å². The number of methoxy groups -OCH3 is 1. The van der Waals surface area contributed by atoms with Gasteiger partial charge in [-0.2, -0.15) is 31.3 Å². The van der Waals surface area contributed by atoms with Crippen molar-refractivity contribution < 1.29 is 45.4 Å². The predicted molar refractivity (Wildman–Crippen MR) is 97.6 cm³/mol. The van der Waals surface area contributed by atoms with E-state index in [0.29, 0.717) is 16.6 Å². The molecule has 2 rings (SSSR count). The second kappa shape index (κ2) is 9.41. The van der Waals surface area contributed by atoms with E-state index in [4.69, 9.17) is 9.47 Å². The number of alkyl halides is 6. The second-order valence-electron chi connectivity index (χ2n) is 5.72. The van der Waals surface area contributed by atoms with Crippen molar-refractivity contribution in [2.75, 3.05) is 19.0 Å². The van der Waals surface area contributed by atoms with Crippen molar-refractivity contribution in [2.24, 2.45) is 0 Å². The minimum absolute atomic E-state index is 0.000958. The fourth-order valence-electron chi connectivity index (χ4n) is 2.11. The van der Waals surface area contributed by atoms with Crippen LogP contribution in [0.2, 0.25) is 0 Å². The molecule has 1 aromatic carbocycles. The number of hydrogen-bond acceptors (Lipinski definition) is 5. The average molecular weight is 516 g/mol. The molecule has 0 spiro atoms. The van der Waals surface area contributed by atoms with Gasteiger partial charge in [0.25, 0.3) is 5.91 Å². The monoisotopic (exact) mass is 515 g/mol. The molecule has 0 aliphatic carbocycles. The van der Waals surface area contributed by atoms with Crippen LogP contribution in [0, 0.1) is 0 Å². The summed E-state index contributed by atoms with van der Waals surface area (Å²) in [5.74, 6) is -1.85. The van der Waals surface area contributed by atoms with E-state index in [0.717, 1.165) is 0 Å². The number of rotatable bonds is 5. The van der Waals surface area contributed by atoms with Crippen LogP contribution in [0.3, 0.4) is 0 Å². The van der Waals surface area contributed by atoms with E-state index in [1.165, 1.54) is 19.2 Å². The van der Waals surface area contributed by atoms with Crippen LogP contribution in [0.4, 0.5) is 37.0 Å². The lowest BCUT2D eigenvalue weighted by molar-refractivity contribution is -0.143. The molecule has 0 aliphatic heterocycles. The first kappa shape index (κ1) is 24.2. The predicted octanol–water partition coefficient (Wildman–Crippen LogP) is 4.62. The highest BCUT2D eigenvalue weighted by Crippen LogP contribution is 2.38. The minimum atomic E-state index is -5.07. The van der Waals surface area contributed by atoms with Crippen molar-refractivity contribution in [1.29, 1.82) is 0 Å². The van der Waals surface area contributed by atoms with Gasteiger partial charge in [-0.15, -0.1) is 0 Å². The van der Waals surface area contributed by atoms with E-state index < -0.39 is 47.8 Å². The van der Waals surface area contributed by atoms with Crippen molar-refractivity contribution >= 4 is 33.7 Å². The molecule has 3 amide bonds. The van der Waals surface area contributed by atoms with E-state index in [9.17, 15) is 35.9 Å². The number of carbonyl (C=O) groups excluding carboxylic acids is 2. The third-order valence-corrected chi connectivity index (χ3v) is 4.04. The summed E-state index contributed by atoms with van der Waals surface area (Å²) < 4.78 is 87.0.